The van der Waals surface area contributed by atoms with Gasteiger partial charge in [0.1, 0.15) is 5.82 Å². The molecule has 0 aliphatic rings. The van der Waals surface area contributed by atoms with Crippen molar-refractivity contribution in [3.05, 3.63) is 34.6 Å². The number of rotatable bonds is 3. The summed E-state index contributed by atoms with van der Waals surface area (Å²) >= 11 is 9.27. The summed E-state index contributed by atoms with van der Waals surface area (Å²) in [6, 6.07) is 4.55. The summed E-state index contributed by atoms with van der Waals surface area (Å²) in [6.45, 7) is 2.12. The molecule has 0 spiro atoms. The zero-order chi connectivity index (χ0) is 9.84. The van der Waals surface area contributed by atoms with Crippen LogP contribution in [-0.2, 0) is 6.42 Å². The van der Waals surface area contributed by atoms with Crippen molar-refractivity contribution in [1.29, 1.82) is 0 Å². The molecule has 0 aliphatic carbocycles. The molecule has 1 atom stereocenters. The van der Waals surface area contributed by atoms with E-state index in [1.54, 1.807) is 6.07 Å². The second-order valence-corrected chi connectivity index (χ2v) is 4.25. The predicted octanol–water partition coefficient (Wildman–Crippen LogP) is 4.05. The van der Waals surface area contributed by atoms with Crippen LogP contribution in [0.2, 0.25) is 5.02 Å². The van der Waals surface area contributed by atoms with Crippen molar-refractivity contribution in [2.45, 2.75) is 13.3 Å². The van der Waals surface area contributed by atoms with Crippen molar-refractivity contribution in [2.24, 2.45) is 5.92 Å². The summed E-state index contributed by atoms with van der Waals surface area (Å²) in [5, 5.41) is 1.45. The van der Waals surface area contributed by atoms with Gasteiger partial charge < -0.3 is 0 Å². The molecule has 0 saturated heterocycles. The van der Waals surface area contributed by atoms with Crippen molar-refractivity contribution in [1.82, 2.24) is 0 Å². The first kappa shape index (κ1) is 11.0. The summed E-state index contributed by atoms with van der Waals surface area (Å²) in [4.78, 5) is 0. The van der Waals surface area contributed by atoms with Crippen LogP contribution in [0.15, 0.2) is 18.2 Å². The fourth-order valence-electron chi connectivity index (χ4n) is 1.12. The van der Waals surface area contributed by atoms with Gasteiger partial charge in [-0.15, -0.1) is 0 Å². The SMILES string of the molecule is CC(CBr)Cc1ccc(F)cc1Cl. The van der Waals surface area contributed by atoms with Gasteiger partial charge in [-0.1, -0.05) is 40.5 Å². The Hall–Kier alpha value is -0.0800. The van der Waals surface area contributed by atoms with Crippen LogP contribution in [0.5, 0.6) is 0 Å². The number of hydrogen-bond donors (Lipinski definition) is 0. The fraction of sp³-hybridized carbons (Fsp3) is 0.400. The number of benzene rings is 1. The highest BCUT2D eigenvalue weighted by Gasteiger charge is 2.06. The van der Waals surface area contributed by atoms with Gasteiger partial charge in [-0.25, -0.2) is 4.39 Å². The van der Waals surface area contributed by atoms with Crippen LogP contribution in [0.1, 0.15) is 12.5 Å². The maximum Gasteiger partial charge on any atom is 0.124 e. The van der Waals surface area contributed by atoms with E-state index in [9.17, 15) is 4.39 Å². The van der Waals surface area contributed by atoms with Crippen LogP contribution in [0.4, 0.5) is 4.39 Å². The van der Waals surface area contributed by atoms with Crippen molar-refractivity contribution in [2.75, 3.05) is 5.33 Å². The first-order valence-electron chi connectivity index (χ1n) is 4.13. The highest BCUT2D eigenvalue weighted by molar-refractivity contribution is 9.09. The lowest BCUT2D eigenvalue weighted by Gasteiger charge is -2.08. The van der Waals surface area contributed by atoms with E-state index in [1.165, 1.54) is 12.1 Å². The molecule has 0 saturated carbocycles. The lowest BCUT2D eigenvalue weighted by Crippen LogP contribution is -2.01. The summed E-state index contributed by atoms with van der Waals surface area (Å²) < 4.78 is 12.7. The van der Waals surface area contributed by atoms with Crippen LogP contribution < -0.4 is 0 Å². The monoisotopic (exact) mass is 264 g/mol. The van der Waals surface area contributed by atoms with Gasteiger partial charge in [0, 0.05) is 10.4 Å². The molecule has 0 aromatic heterocycles. The van der Waals surface area contributed by atoms with Crippen molar-refractivity contribution >= 4 is 27.5 Å². The zero-order valence-electron chi connectivity index (χ0n) is 7.36. The number of halogens is 3. The third-order valence-electron chi connectivity index (χ3n) is 1.85. The molecule has 1 aromatic rings. The van der Waals surface area contributed by atoms with Gasteiger partial charge in [0.15, 0.2) is 0 Å². The lowest BCUT2D eigenvalue weighted by molar-refractivity contribution is 0.623. The van der Waals surface area contributed by atoms with Gasteiger partial charge in [0.05, 0.1) is 0 Å². The maximum atomic E-state index is 12.7. The molecule has 0 heterocycles. The third kappa shape index (κ3) is 3.28. The normalized spacial score (nSPS) is 12.9. The van der Waals surface area contributed by atoms with E-state index >= 15 is 0 Å². The van der Waals surface area contributed by atoms with Crippen LogP contribution >= 0.6 is 27.5 Å². The minimum atomic E-state index is -0.278. The van der Waals surface area contributed by atoms with Crippen LogP contribution in [0, 0.1) is 11.7 Å². The molecule has 0 N–H and O–H groups in total. The molecule has 0 aliphatic heterocycles. The second kappa shape index (κ2) is 4.97. The average Bonchev–Trinajstić information content (AvgIpc) is 2.09. The summed E-state index contributed by atoms with van der Waals surface area (Å²) in [7, 11) is 0. The van der Waals surface area contributed by atoms with E-state index in [1.807, 2.05) is 0 Å². The fourth-order valence-corrected chi connectivity index (χ4v) is 1.59. The number of alkyl halides is 1. The molecule has 3 heteroatoms. The second-order valence-electron chi connectivity index (χ2n) is 3.20. The Labute approximate surface area is 91.2 Å². The molecule has 13 heavy (non-hydrogen) atoms. The van der Waals surface area contributed by atoms with Crippen molar-refractivity contribution < 1.29 is 4.39 Å². The molecule has 0 bridgehead atoms. The zero-order valence-corrected chi connectivity index (χ0v) is 9.70. The Kier molecular flexibility index (Phi) is 4.20. The summed E-state index contributed by atoms with van der Waals surface area (Å²) in [5.41, 5.74) is 1.01. The van der Waals surface area contributed by atoms with Crippen molar-refractivity contribution in [3.63, 3.8) is 0 Å². The average molecular weight is 266 g/mol. The first-order valence-corrected chi connectivity index (χ1v) is 5.63. The first-order chi connectivity index (χ1) is 6.13. The Morgan fingerprint density at radius 1 is 1.54 bits per heavy atom. The third-order valence-corrected chi connectivity index (χ3v) is 3.30. The van der Waals surface area contributed by atoms with E-state index in [0.29, 0.717) is 10.9 Å². The van der Waals surface area contributed by atoms with Crippen LogP contribution in [0.25, 0.3) is 0 Å². The Balaban J connectivity index is 2.77. The summed E-state index contributed by atoms with van der Waals surface area (Å²) in [6.07, 6.45) is 0.879. The molecule has 0 nitrogen and oxygen atoms in total. The molecule has 0 radical (unpaired) electrons. The van der Waals surface area contributed by atoms with Crippen LogP contribution in [-0.4, -0.2) is 5.33 Å². The molecule has 1 aromatic carbocycles. The molecular weight excluding hydrogens is 254 g/mol. The van der Waals surface area contributed by atoms with E-state index in [0.717, 1.165) is 17.3 Å². The molecule has 1 rings (SSSR count). The van der Waals surface area contributed by atoms with E-state index in [2.05, 4.69) is 22.9 Å². The van der Waals surface area contributed by atoms with Crippen molar-refractivity contribution in [3.8, 4) is 0 Å². The van der Waals surface area contributed by atoms with Gasteiger partial charge in [0.25, 0.3) is 0 Å². The lowest BCUT2D eigenvalue weighted by atomic mass is 10.0. The highest BCUT2D eigenvalue weighted by Crippen LogP contribution is 2.20. The largest absolute Gasteiger partial charge is 0.207 e. The highest BCUT2D eigenvalue weighted by atomic mass is 79.9. The molecule has 1 unspecified atom stereocenters. The minimum Gasteiger partial charge on any atom is -0.207 e. The van der Waals surface area contributed by atoms with Gasteiger partial charge in [-0.2, -0.15) is 0 Å². The van der Waals surface area contributed by atoms with Crippen LogP contribution in [0.3, 0.4) is 0 Å². The van der Waals surface area contributed by atoms with E-state index in [-0.39, 0.29) is 5.82 Å². The molecule has 0 fully saturated rings. The van der Waals surface area contributed by atoms with E-state index in [4.69, 9.17) is 11.6 Å². The number of hydrogen-bond acceptors (Lipinski definition) is 0. The van der Waals surface area contributed by atoms with Gasteiger partial charge in [-0.05, 0) is 30.0 Å². The van der Waals surface area contributed by atoms with Gasteiger partial charge in [0.2, 0.25) is 0 Å². The predicted molar refractivity (Wildman–Crippen MR) is 58.1 cm³/mol. The minimum absolute atomic E-state index is 0.278. The molecule has 0 amide bonds. The molecular formula is C10H11BrClF. The van der Waals surface area contributed by atoms with Gasteiger partial charge in [-0.3, -0.25) is 0 Å². The molecule has 72 valence electrons. The topological polar surface area (TPSA) is 0 Å². The van der Waals surface area contributed by atoms with Gasteiger partial charge >= 0.3 is 0 Å². The smallest absolute Gasteiger partial charge is 0.124 e. The standard InChI is InChI=1S/C10H11BrClF/c1-7(6-11)4-8-2-3-9(13)5-10(8)12/h2-3,5,7H,4,6H2,1H3. The Bertz CT molecular complexity index is 288. The van der Waals surface area contributed by atoms with E-state index < -0.39 is 0 Å². The summed E-state index contributed by atoms with van der Waals surface area (Å²) in [5.74, 6) is 0.239. The quantitative estimate of drug-likeness (QED) is 0.723. The maximum absolute atomic E-state index is 12.7. The Morgan fingerprint density at radius 2 is 2.23 bits per heavy atom. The Morgan fingerprint density at radius 3 is 2.77 bits per heavy atom.